The normalized spacial score (nSPS) is 9.92. The van der Waals surface area contributed by atoms with Crippen LogP contribution in [0.15, 0.2) is 9.27 Å². The number of hydrogen-bond donors (Lipinski definition) is 2. The molecule has 0 unspecified atom stereocenters. The quantitative estimate of drug-likeness (QED) is 0.733. The Labute approximate surface area is 77.2 Å². The summed E-state index contributed by atoms with van der Waals surface area (Å²) in [6.07, 6.45) is 0. The summed E-state index contributed by atoms with van der Waals surface area (Å²) >= 11 is 2.89. The van der Waals surface area contributed by atoms with Crippen LogP contribution in [0.4, 0.5) is 5.95 Å². The lowest BCUT2D eigenvalue weighted by atomic mass is 10.6. The van der Waals surface area contributed by atoms with Gasteiger partial charge in [-0.05, 0) is 15.9 Å². The fourth-order valence-electron chi connectivity index (χ4n) is 0.647. The summed E-state index contributed by atoms with van der Waals surface area (Å²) in [7, 11) is 3.43. The summed E-state index contributed by atoms with van der Waals surface area (Å²) in [6.45, 7) is 0. The van der Waals surface area contributed by atoms with Crippen LogP contribution in [0.5, 0.6) is 5.88 Å². The highest BCUT2D eigenvalue weighted by Crippen LogP contribution is 2.16. The summed E-state index contributed by atoms with van der Waals surface area (Å²) in [6, 6.07) is 0. The van der Waals surface area contributed by atoms with E-state index in [2.05, 4.69) is 25.9 Å². The molecule has 0 atom stereocenters. The summed E-state index contributed by atoms with van der Waals surface area (Å²) in [5, 5.41) is 9.13. The number of hydrogen-bond acceptors (Lipinski definition) is 4. The van der Waals surface area contributed by atoms with Gasteiger partial charge in [-0.15, -0.1) is 0 Å². The molecule has 0 aliphatic heterocycles. The van der Waals surface area contributed by atoms with Crippen LogP contribution in [0.3, 0.4) is 0 Å². The van der Waals surface area contributed by atoms with Gasteiger partial charge in [-0.25, -0.2) is 0 Å². The zero-order valence-corrected chi connectivity index (χ0v) is 8.21. The largest absolute Gasteiger partial charge is 0.492 e. The van der Waals surface area contributed by atoms with E-state index in [9.17, 15) is 4.79 Å². The van der Waals surface area contributed by atoms with E-state index >= 15 is 0 Å². The number of H-pyrrole nitrogens is 1. The zero-order chi connectivity index (χ0) is 9.30. The van der Waals surface area contributed by atoms with Crippen molar-refractivity contribution < 1.29 is 5.11 Å². The molecule has 0 aromatic carbocycles. The minimum atomic E-state index is -0.397. The molecule has 1 heterocycles. The number of nitrogens with zero attached hydrogens (tertiary/aromatic N) is 2. The number of nitrogens with one attached hydrogen (secondary N) is 1. The van der Waals surface area contributed by atoms with E-state index in [1.807, 2.05) is 0 Å². The SMILES string of the molecule is CN(C)c1nc(O)c(Br)c(=O)[nH]1. The molecule has 12 heavy (non-hydrogen) atoms. The van der Waals surface area contributed by atoms with Gasteiger partial charge in [-0.1, -0.05) is 0 Å². The van der Waals surface area contributed by atoms with Crippen molar-refractivity contribution in [1.82, 2.24) is 9.97 Å². The van der Waals surface area contributed by atoms with Crippen molar-refractivity contribution in [2.45, 2.75) is 0 Å². The second-order valence-electron chi connectivity index (χ2n) is 2.42. The van der Waals surface area contributed by atoms with Crippen LogP contribution in [0.1, 0.15) is 0 Å². The van der Waals surface area contributed by atoms with E-state index in [0.29, 0.717) is 5.95 Å². The van der Waals surface area contributed by atoms with Crippen LogP contribution in [0.25, 0.3) is 0 Å². The highest BCUT2D eigenvalue weighted by atomic mass is 79.9. The number of anilines is 1. The predicted molar refractivity (Wildman–Crippen MR) is 48.5 cm³/mol. The average molecular weight is 234 g/mol. The number of aromatic nitrogens is 2. The van der Waals surface area contributed by atoms with Gasteiger partial charge in [0.25, 0.3) is 5.56 Å². The van der Waals surface area contributed by atoms with E-state index in [1.165, 1.54) is 0 Å². The van der Waals surface area contributed by atoms with Gasteiger partial charge in [0.2, 0.25) is 11.8 Å². The third-order valence-electron chi connectivity index (χ3n) is 1.26. The first-order chi connectivity index (χ1) is 5.52. The van der Waals surface area contributed by atoms with Crippen molar-refractivity contribution in [3.63, 3.8) is 0 Å². The van der Waals surface area contributed by atoms with Gasteiger partial charge in [-0.3, -0.25) is 9.78 Å². The summed E-state index contributed by atoms with van der Waals surface area (Å²) in [5.41, 5.74) is -0.397. The number of aromatic hydroxyl groups is 1. The van der Waals surface area contributed by atoms with Gasteiger partial charge >= 0.3 is 0 Å². The van der Waals surface area contributed by atoms with Gasteiger partial charge in [0.05, 0.1) is 0 Å². The molecule has 0 fully saturated rings. The Morgan fingerprint density at radius 1 is 1.58 bits per heavy atom. The first-order valence-corrected chi connectivity index (χ1v) is 3.97. The summed E-state index contributed by atoms with van der Waals surface area (Å²) < 4.78 is 0.0492. The standard InChI is InChI=1S/C6H8BrN3O2/c1-10(2)6-8-4(11)3(7)5(12)9-6/h1-2H3,(H2,8,9,11,12). The van der Waals surface area contributed by atoms with E-state index in [0.717, 1.165) is 0 Å². The van der Waals surface area contributed by atoms with E-state index in [1.54, 1.807) is 19.0 Å². The van der Waals surface area contributed by atoms with Crippen molar-refractivity contribution in [3.8, 4) is 5.88 Å². The van der Waals surface area contributed by atoms with E-state index in [-0.39, 0.29) is 10.4 Å². The van der Waals surface area contributed by atoms with Gasteiger partial charge in [-0.2, -0.15) is 4.98 Å². The molecule has 0 aliphatic rings. The smallest absolute Gasteiger partial charge is 0.270 e. The lowest BCUT2D eigenvalue weighted by Crippen LogP contribution is -2.18. The highest BCUT2D eigenvalue weighted by Gasteiger charge is 2.07. The third-order valence-corrected chi connectivity index (χ3v) is 1.97. The molecule has 1 aromatic heterocycles. The molecule has 1 aromatic rings. The van der Waals surface area contributed by atoms with Gasteiger partial charge in [0, 0.05) is 14.1 Å². The summed E-state index contributed by atoms with van der Waals surface area (Å²) in [5.74, 6) is 0.0168. The van der Waals surface area contributed by atoms with Crippen LogP contribution in [-0.2, 0) is 0 Å². The maximum absolute atomic E-state index is 11.0. The number of halogens is 1. The molecule has 1 rings (SSSR count). The molecule has 0 radical (unpaired) electrons. The lowest BCUT2D eigenvalue weighted by molar-refractivity contribution is 0.447. The van der Waals surface area contributed by atoms with Crippen LogP contribution in [-0.4, -0.2) is 29.2 Å². The number of aromatic amines is 1. The molecule has 0 bridgehead atoms. The molecule has 6 heteroatoms. The maximum atomic E-state index is 11.0. The van der Waals surface area contributed by atoms with Gasteiger partial charge < -0.3 is 10.0 Å². The third kappa shape index (κ3) is 1.58. The second kappa shape index (κ2) is 3.14. The first kappa shape index (κ1) is 9.05. The van der Waals surface area contributed by atoms with Crippen molar-refractivity contribution in [2.75, 3.05) is 19.0 Å². The molecule has 0 saturated carbocycles. The number of rotatable bonds is 1. The van der Waals surface area contributed by atoms with Crippen molar-refractivity contribution in [2.24, 2.45) is 0 Å². The van der Waals surface area contributed by atoms with Crippen molar-refractivity contribution in [3.05, 3.63) is 14.8 Å². The first-order valence-electron chi connectivity index (χ1n) is 3.18. The Hall–Kier alpha value is -1.04. The molecular weight excluding hydrogens is 226 g/mol. The van der Waals surface area contributed by atoms with Crippen LogP contribution < -0.4 is 10.5 Å². The fraction of sp³-hybridized carbons (Fsp3) is 0.333. The Morgan fingerprint density at radius 3 is 2.58 bits per heavy atom. The molecule has 2 N–H and O–H groups in total. The van der Waals surface area contributed by atoms with E-state index in [4.69, 9.17) is 5.11 Å². The van der Waals surface area contributed by atoms with Crippen LogP contribution >= 0.6 is 15.9 Å². The molecular formula is C6H8BrN3O2. The van der Waals surface area contributed by atoms with Crippen LogP contribution in [0.2, 0.25) is 0 Å². The molecule has 0 amide bonds. The van der Waals surface area contributed by atoms with Crippen LogP contribution in [0, 0.1) is 0 Å². The molecule has 0 aliphatic carbocycles. The minimum absolute atomic E-state index is 0.0492. The molecule has 0 spiro atoms. The Bertz CT molecular complexity index is 347. The monoisotopic (exact) mass is 233 g/mol. The fourth-order valence-corrected chi connectivity index (χ4v) is 0.835. The topological polar surface area (TPSA) is 69.2 Å². The van der Waals surface area contributed by atoms with Crippen molar-refractivity contribution in [1.29, 1.82) is 0 Å². The predicted octanol–water partition coefficient (Wildman–Crippen LogP) is 0.304. The van der Waals surface area contributed by atoms with Crippen molar-refractivity contribution >= 4 is 21.9 Å². The van der Waals surface area contributed by atoms with Gasteiger partial charge in [0.15, 0.2) is 0 Å². The van der Waals surface area contributed by atoms with Gasteiger partial charge in [0.1, 0.15) is 4.47 Å². The molecule has 0 saturated heterocycles. The molecule has 5 nitrogen and oxygen atoms in total. The Morgan fingerprint density at radius 2 is 2.17 bits per heavy atom. The minimum Gasteiger partial charge on any atom is -0.492 e. The average Bonchev–Trinajstić information content (AvgIpc) is 1.99. The van der Waals surface area contributed by atoms with E-state index < -0.39 is 5.56 Å². The second-order valence-corrected chi connectivity index (χ2v) is 3.21. The molecule has 66 valence electrons. The zero-order valence-electron chi connectivity index (χ0n) is 6.63. The highest BCUT2D eigenvalue weighted by molar-refractivity contribution is 9.10. The lowest BCUT2D eigenvalue weighted by Gasteiger charge is -2.10. The Balaban J connectivity index is 3.31. The summed E-state index contributed by atoms with van der Waals surface area (Å²) in [4.78, 5) is 18.8. The Kier molecular flexibility index (Phi) is 2.37. The maximum Gasteiger partial charge on any atom is 0.270 e.